The maximum absolute atomic E-state index is 2.25. The number of hydrogen-bond donors (Lipinski definition) is 0. The lowest BCUT2D eigenvalue weighted by molar-refractivity contribution is 1.36. The Morgan fingerprint density at radius 1 is 0.789 bits per heavy atom. The quantitative estimate of drug-likeness (QED) is 0.536. The highest BCUT2D eigenvalue weighted by Gasteiger charge is 2.22. The van der Waals surface area contributed by atoms with E-state index in [0.717, 1.165) is 5.75 Å². The van der Waals surface area contributed by atoms with E-state index in [1.165, 1.54) is 9.79 Å². The first-order valence-electron chi connectivity index (χ1n) is 6.50. The van der Waals surface area contributed by atoms with Crippen LogP contribution in [-0.4, -0.2) is 5.75 Å². The van der Waals surface area contributed by atoms with Gasteiger partial charge in [-0.05, 0) is 37.3 Å². The smallest absolute Gasteiger partial charge is 0.0877 e. The predicted octanol–water partition coefficient (Wildman–Crippen LogP) is 4.86. The van der Waals surface area contributed by atoms with Crippen LogP contribution in [0.15, 0.2) is 94.8 Å². The van der Waals surface area contributed by atoms with E-state index in [1.54, 1.807) is 0 Å². The van der Waals surface area contributed by atoms with Crippen molar-refractivity contribution < 1.29 is 0 Å². The normalized spacial score (nSPS) is 11.7. The van der Waals surface area contributed by atoms with E-state index in [-0.39, 0.29) is 10.9 Å². The number of rotatable bonds is 5. The standard InChI is InChI=1S/C18H19S/c1-2-3-4-11-16-19(17-12-7-5-8-13-17)18-14-9-6-10-15-18/h2-15H,16H2,1H3/q+1/b3-2-,11-4-. The van der Waals surface area contributed by atoms with Gasteiger partial charge in [0, 0.05) is 0 Å². The molecule has 0 aliphatic heterocycles. The van der Waals surface area contributed by atoms with Gasteiger partial charge in [0.05, 0.1) is 10.9 Å². The van der Waals surface area contributed by atoms with Crippen LogP contribution in [0.4, 0.5) is 0 Å². The highest BCUT2D eigenvalue weighted by molar-refractivity contribution is 7.97. The summed E-state index contributed by atoms with van der Waals surface area (Å²) in [5.74, 6) is 1.05. The van der Waals surface area contributed by atoms with Crippen LogP contribution in [0.5, 0.6) is 0 Å². The lowest BCUT2D eigenvalue weighted by atomic mass is 10.4. The SMILES string of the molecule is C/C=C\C=C/C[S+](c1ccccc1)c1ccccc1. The third kappa shape index (κ3) is 4.15. The molecule has 0 saturated carbocycles. The Morgan fingerprint density at radius 2 is 1.32 bits per heavy atom. The zero-order chi connectivity index (χ0) is 13.3. The molecule has 2 aromatic carbocycles. The molecule has 1 heteroatoms. The topological polar surface area (TPSA) is 0 Å². The molecule has 0 unspecified atom stereocenters. The second kappa shape index (κ2) is 7.65. The van der Waals surface area contributed by atoms with E-state index in [9.17, 15) is 0 Å². The summed E-state index contributed by atoms with van der Waals surface area (Å²) >= 11 is 0. The Morgan fingerprint density at radius 3 is 1.79 bits per heavy atom. The molecule has 0 spiro atoms. The van der Waals surface area contributed by atoms with Crippen LogP contribution in [0, 0.1) is 0 Å². The first-order valence-corrected chi connectivity index (χ1v) is 7.90. The van der Waals surface area contributed by atoms with E-state index in [2.05, 4.69) is 85.0 Å². The maximum Gasteiger partial charge on any atom is 0.161 e. The molecule has 0 saturated heterocycles. The molecular formula is C18H19S+. The molecule has 0 amide bonds. The lowest BCUT2D eigenvalue weighted by Gasteiger charge is -2.05. The minimum atomic E-state index is 0.125. The molecule has 0 aromatic heterocycles. The zero-order valence-corrected chi connectivity index (χ0v) is 12.0. The average Bonchev–Trinajstić information content (AvgIpc) is 2.49. The summed E-state index contributed by atoms with van der Waals surface area (Å²) < 4.78 is 0. The maximum atomic E-state index is 2.25. The number of hydrogen-bond acceptors (Lipinski definition) is 0. The number of allylic oxidation sites excluding steroid dienone is 3. The van der Waals surface area contributed by atoms with E-state index >= 15 is 0 Å². The summed E-state index contributed by atoms with van der Waals surface area (Å²) in [7, 11) is 0.125. The van der Waals surface area contributed by atoms with Gasteiger partial charge in [0.15, 0.2) is 9.79 Å². The summed E-state index contributed by atoms with van der Waals surface area (Å²) in [5, 5.41) is 0. The van der Waals surface area contributed by atoms with Crippen LogP contribution in [0.25, 0.3) is 0 Å². The van der Waals surface area contributed by atoms with Crippen molar-refractivity contribution in [3.8, 4) is 0 Å². The Kier molecular flexibility index (Phi) is 5.51. The Hall–Kier alpha value is -1.73. The highest BCUT2D eigenvalue weighted by atomic mass is 32.2. The molecule has 0 nitrogen and oxygen atoms in total. The van der Waals surface area contributed by atoms with Crippen molar-refractivity contribution in [1.82, 2.24) is 0 Å². The van der Waals surface area contributed by atoms with Crippen molar-refractivity contribution >= 4 is 10.9 Å². The molecule has 0 fully saturated rings. The van der Waals surface area contributed by atoms with Crippen molar-refractivity contribution in [2.24, 2.45) is 0 Å². The van der Waals surface area contributed by atoms with Gasteiger partial charge < -0.3 is 0 Å². The molecule has 96 valence electrons. The van der Waals surface area contributed by atoms with Gasteiger partial charge in [0.2, 0.25) is 0 Å². The molecule has 0 aliphatic carbocycles. The third-order valence-electron chi connectivity index (χ3n) is 2.76. The van der Waals surface area contributed by atoms with Gasteiger partial charge in [-0.2, -0.15) is 0 Å². The Balaban J connectivity index is 2.24. The molecule has 2 rings (SSSR count). The predicted molar refractivity (Wildman–Crippen MR) is 85.6 cm³/mol. The first kappa shape index (κ1) is 13.7. The van der Waals surface area contributed by atoms with Gasteiger partial charge in [0.1, 0.15) is 5.75 Å². The average molecular weight is 267 g/mol. The van der Waals surface area contributed by atoms with Crippen molar-refractivity contribution in [2.45, 2.75) is 16.7 Å². The lowest BCUT2D eigenvalue weighted by Crippen LogP contribution is -2.06. The molecule has 2 aromatic rings. The van der Waals surface area contributed by atoms with Crippen molar-refractivity contribution in [3.05, 3.63) is 85.0 Å². The summed E-state index contributed by atoms with van der Waals surface area (Å²) in [6.07, 6.45) is 8.52. The minimum Gasteiger partial charge on any atom is -0.0877 e. The van der Waals surface area contributed by atoms with Crippen LogP contribution in [0.3, 0.4) is 0 Å². The first-order chi connectivity index (χ1) is 9.42. The monoisotopic (exact) mass is 267 g/mol. The Bertz CT molecular complexity index is 487. The van der Waals surface area contributed by atoms with Crippen LogP contribution in [0.2, 0.25) is 0 Å². The second-order valence-electron chi connectivity index (χ2n) is 4.14. The van der Waals surface area contributed by atoms with Crippen LogP contribution >= 0.6 is 0 Å². The molecule has 0 atom stereocenters. The van der Waals surface area contributed by atoms with Crippen LogP contribution in [0.1, 0.15) is 6.92 Å². The summed E-state index contributed by atoms with van der Waals surface area (Å²) in [6, 6.07) is 21.5. The van der Waals surface area contributed by atoms with Crippen molar-refractivity contribution in [3.63, 3.8) is 0 Å². The summed E-state index contributed by atoms with van der Waals surface area (Å²) in [4.78, 5) is 2.80. The molecular weight excluding hydrogens is 248 g/mol. The fourth-order valence-electron chi connectivity index (χ4n) is 1.84. The fourth-order valence-corrected chi connectivity index (χ4v) is 3.77. The van der Waals surface area contributed by atoms with Gasteiger partial charge in [-0.25, -0.2) is 0 Å². The van der Waals surface area contributed by atoms with E-state index in [1.807, 2.05) is 6.92 Å². The van der Waals surface area contributed by atoms with E-state index < -0.39 is 0 Å². The van der Waals surface area contributed by atoms with Crippen LogP contribution in [-0.2, 0) is 10.9 Å². The van der Waals surface area contributed by atoms with Crippen molar-refractivity contribution in [2.75, 3.05) is 5.75 Å². The molecule has 0 heterocycles. The molecule has 0 N–H and O–H groups in total. The Labute approximate surface area is 118 Å². The largest absolute Gasteiger partial charge is 0.161 e. The summed E-state index contributed by atoms with van der Waals surface area (Å²) in [6.45, 7) is 2.04. The highest BCUT2D eigenvalue weighted by Crippen LogP contribution is 2.23. The van der Waals surface area contributed by atoms with E-state index in [0.29, 0.717) is 0 Å². The number of benzene rings is 2. The molecule has 0 radical (unpaired) electrons. The van der Waals surface area contributed by atoms with Gasteiger partial charge in [-0.15, -0.1) is 0 Å². The van der Waals surface area contributed by atoms with Gasteiger partial charge >= 0.3 is 0 Å². The second-order valence-corrected chi connectivity index (χ2v) is 6.20. The van der Waals surface area contributed by atoms with Crippen molar-refractivity contribution in [1.29, 1.82) is 0 Å². The molecule has 0 aliphatic rings. The third-order valence-corrected chi connectivity index (χ3v) is 4.97. The zero-order valence-electron chi connectivity index (χ0n) is 11.2. The van der Waals surface area contributed by atoms with Crippen LogP contribution < -0.4 is 0 Å². The molecule has 19 heavy (non-hydrogen) atoms. The van der Waals surface area contributed by atoms with Gasteiger partial charge in [-0.1, -0.05) is 54.6 Å². The molecule has 0 bridgehead atoms. The summed E-state index contributed by atoms with van der Waals surface area (Å²) in [5.41, 5.74) is 0. The fraction of sp³-hybridized carbons (Fsp3) is 0.111. The van der Waals surface area contributed by atoms with Gasteiger partial charge in [-0.3, -0.25) is 0 Å². The van der Waals surface area contributed by atoms with Gasteiger partial charge in [0.25, 0.3) is 0 Å². The minimum absolute atomic E-state index is 0.125. The van der Waals surface area contributed by atoms with E-state index in [4.69, 9.17) is 0 Å².